The normalized spacial score (nSPS) is 14.9. The van der Waals surface area contributed by atoms with E-state index in [2.05, 4.69) is 15.3 Å². The van der Waals surface area contributed by atoms with Crippen molar-refractivity contribution in [1.29, 1.82) is 10.7 Å². The molecule has 0 saturated carbocycles. The number of thiophene rings is 1. The van der Waals surface area contributed by atoms with E-state index in [0.29, 0.717) is 21.2 Å². The lowest BCUT2D eigenvalue weighted by atomic mass is 10.0. The third-order valence-corrected chi connectivity index (χ3v) is 5.36. The molecule has 1 aromatic heterocycles. The number of fused-ring (bicyclic) bond motifs is 1. The fraction of sp³-hybridized carbons (Fsp3) is 0.125. The highest BCUT2D eigenvalue weighted by Crippen LogP contribution is 2.24. The standard InChI is InChI=1S/C22H16N6O2S.C2H6/c23-12-14-10-11-17(31-14)19(24)30-22(25)28-20-21(29)26-16-9-5-4-8-15(16)18(27-20)13-6-2-1-3-7-13;1-2/h1-11,20,24H,(H2,25,28)(H,26,29);1-2H3. The first-order chi connectivity index (χ1) is 16.0. The minimum Gasteiger partial charge on any atom is -0.406 e. The minimum absolute atomic E-state index is 0.266. The number of nitrogens with zero attached hydrogens (tertiary/aromatic N) is 3. The molecule has 0 bridgehead atoms. The quantitative estimate of drug-likeness (QED) is 0.402. The third-order valence-electron chi connectivity index (χ3n) is 4.37. The highest BCUT2D eigenvalue weighted by molar-refractivity contribution is 7.14. The summed E-state index contributed by atoms with van der Waals surface area (Å²) >= 11 is 1.09. The van der Waals surface area contributed by atoms with Crippen LogP contribution in [0.25, 0.3) is 0 Å². The minimum atomic E-state index is -1.20. The Morgan fingerprint density at radius 3 is 2.55 bits per heavy atom. The number of ether oxygens (including phenoxy) is 1. The van der Waals surface area contributed by atoms with Crippen molar-refractivity contribution < 1.29 is 9.53 Å². The topological polar surface area (TPSA) is 137 Å². The third kappa shape index (κ3) is 5.50. The van der Waals surface area contributed by atoms with Gasteiger partial charge in [-0.25, -0.2) is 4.99 Å². The number of benzene rings is 2. The summed E-state index contributed by atoms with van der Waals surface area (Å²) < 4.78 is 5.27. The molecule has 0 aliphatic carbocycles. The largest absolute Gasteiger partial charge is 0.406 e. The summed E-state index contributed by atoms with van der Waals surface area (Å²) in [5.74, 6) is -0.739. The highest BCUT2D eigenvalue weighted by atomic mass is 32.1. The number of para-hydroxylation sites is 1. The van der Waals surface area contributed by atoms with Crippen molar-refractivity contribution in [2.45, 2.75) is 20.0 Å². The number of carbonyl (C=O) groups excluding carboxylic acids is 1. The maximum absolute atomic E-state index is 12.8. The van der Waals surface area contributed by atoms with E-state index < -0.39 is 12.1 Å². The number of amidine groups is 1. The smallest absolute Gasteiger partial charge is 0.291 e. The number of hydrogen-bond donors (Lipinski definition) is 3. The van der Waals surface area contributed by atoms with E-state index >= 15 is 0 Å². The van der Waals surface area contributed by atoms with Crippen LogP contribution >= 0.6 is 11.3 Å². The molecule has 1 aliphatic rings. The molecule has 0 fully saturated rings. The van der Waals surface area contributed by atoms with Crippen LogP contribution in [0.1, 0.15) is 34.7 Å². The lowest BCUT2D eigenvalue weighted by Crippen LogP contribution is -2.29. The Hall–Kier alpha value is -4.29. The van der Waals surface area contributed by atoms with E-state index in [1.54, 1.807) is 18.2 Å². The van der Waals surface area contributed by atoms with Crippen LogP contribution in [0.5, 0.6) is 0 Å². The van der Waals surface area contributed by atoms with Gasteiger partial charge >= 0.3 is 0 Å². The molecule has 8 nitrogen and oxygen atoms in total. The SMILES string of the molecule is CC.N#Cc1ccc(C(=N)O/C(N)=N/C2N=C(c3ccccc3)c3ccccc3NC2=O)s1. The average Bonchev–Trinajstić information content (AvgIpc) is 3.29. The zero-order chi connectivity index (χ0) is 23.8. The molecule has 1 amide bonds. The van der Waals surface area contributed by atoms with Crippen molar-refractivity contribution in [2.24, 2.45) is 15.7 Å². The van der Waals surface area contributed by atoms with Gasteiger partial charge in [-0.05, 0) is 18.2 Å². The first kappa shape index (κ1) is 23.4. The van der Waals surface area contributed by atoms with Gasteiger partial charge < -0.3 is 15.8 Å². The van der Waals surface area contributed by atoms with E-state index in [1.807, 2.05) is 68.4 Å². The number of benzodiazepines with no additional fused rings is 1. The summed E-state index contributed by atoms with van der Waals surface area (Å²) in [6.07, 6.45) is -1.20. The molecule has 0 spiro atoms. The summed E-state index contributed by atoms with van der Waals surface area (Å²) in [5.41, 5.74) is 8.64. The van der Waals surface area contributed by atoms with Crippen molar-refractivity contribution in [3.63, 3.8) is 0 Å². The van der Waals surface area contributed by atoms with Gasteiger partial charge in [-0.15, -0.1) is 11.3 Å². The predicted octanol–water partition coefficient (Wildman–Crippen LogP) is 4.12. The van der Waals surface area contributed by atoms with Gasteiger partial charge in [-0.2, -0.15) is 10.3 Å². The van der Waals surface area contributed by atoms with E-state index in [0.717, 1.165) is 22.5 Å². The second-order valence-corrected chi connectivity index (χ2v) is 7.51. The molecule has 1 atom stereocenters. The van der Waals surface area contributed by atoms with Crippen LogP contribution in [0.15, 0.2) is 76.7 Å². The van der Waals surface area contributed by atoms with Crippen molar-refractivity contribution in [2.75, 3.05) is 5.32 Å². The van der Waals surface area contributed by atoms with Crippen LogP contribution in [-0.2, 0) is 9.53 Å². The second-order valence-electron chi connectivity index (χ2n) is 6.43. The number of amides is 1. The number of aliphatic imine (C=N–C) groups is 2. The molecule has 1 aliphatic heterocycles. The molecular formula is C24H22N6O2S. The van der Waals surface area contributed by atoms with Crippen molar-refractivity contribution in [3.8, 4) is 6.07 Å². The molecule has 1 unspecified atom stereocenters. The van der Waals surface area contributed by atoms with Gasteiger partial charge in [0.25, 0.3) is 11.9 Å². The second kappa shape index (κ2) is 10.8. The highest BCUT2D eigenvalue weighted by Gasteiger charge is 2.26. The van der Waals surface area contributed by atoms with Gasteiger partial charge in [-0.3, -0.25) is 10.2 Å². The molecular weight excluding hydrogens is 436 g/mol. The molecule has 3 aromatic rings. The van der Waals surface area contributed by atoms with Crippen LogP contribution in [0.3, 0.4) is 0 Å². The molecule has 0 radical (unpaired) electrons. The molecule has 9 heteroatoms. The fourth-order valence-corrected chi connectivity index (χ4v) is 3.67. The number of nitrogens with one attached hydrogen (secondary N) is 2. The zero-order valence-electron chi connectivity index (χ0n) is 18.1. The summed E-state index contributed by atoms with van der Waals surface area (Å²) in [6.45, 7) is 4.00. The Bertz CT molecular complexity index is 1260. The lowest BCUT2D eigenvalue weighted by Gasteiger charge is -2.09. The molecule has 4 N–H and O–H groups in total. The molecule has 2 heterocycles. The Morgan fingerprint density at radius 1 is 1.15 bits per heavy atom. The van der Waals surface area contributed by atoms with Gasteiger partial charge in [-0.1, -0.05) is 62.4 Å². The molecule has 166 valence electrons. The number of carbonyl (C=O) groups is 1. The first-order valence-electron chi connectivity index (χ1n) is 10.2. The van der Waals surface area contributed by atoms with Crippen molar-refractivity contribution >= 4 is 40.6 Å². The number of anilines is 1. The van der Waals surface area contributed by atoms with Gasteiger partial charge in [0.2, 0.25) is 12.1 Å². The predicted molar refractivity (Wildman–Crippen MR) is 131 cm³/mol. The number of rotatable bonds is 3. The van der Waals surface area contributed by atoms with Crippen molar-refractivity contribution in [1.82, 2.24) is 0 Å². The van der Waals surface area contributed by atoms with Crippen LogP contribution in [0, 0.1) is 16.7 Å². The Morgan fingerprint density at radius 2 is 1.85 bits per heavy atom. The van der Waals surface area contributed by atoms with Crippen molar-refractivity contribution in [3.05, 3.63) is 87.6 Å². The number of nitriles is 1. The number of nitrogens with two attached hydrogens (primary N) is 1. The van der Waals surface area contributed by atoms with E-state index in [-0.39, 0.29) is 11.9 Å². The lowest BCUT2D eigenvalue weighted by molar-refractivity contribution is -0.117. The van der Waals surface area contributed by atoms with Gasteiger partial charge in [0, 0.05) is 11.1 Å². The molecule has 2 aromatic carbocycles. The Labute approximate surface area is 195 Å². The number of hydrogen-bond acceptors (Lipinski definition) is 7. The average molecular weight is 459 g/mol. The maximum atomic E-state index is 12.8. The molecule has 4 rings (SSSR count). The van der Waals surface area contributed by atoms with Crippen LogP contribution in [0.4, 0.5) is 5.69 Å². The van der Waals surface area contributed by atoms with Gasteiger partial charge in [0.05, 0.1) is 16.3 Å². The maximum Gasteiger partial charge on any atom is 0.291 e. The summed E-state index contributed by atoms with van der Waals surface area (Å²) in [5, 5.41) is 19.8. The van der Waals surface area contributed by atoms with E-state index in [4.69, 9.17) is 21.1 Å². The van der Waals surface area contributed by atoms with E-state index in [1.165, 1.54) is 0 Å². The van der Waals surface area contributed by atoms with Crippen LogP contribution in [-0.4, -0.2) is 29.7 Å². The molecule has 0 saturated heterocycles. The fourth-order valence-electron chi connectivity index (χ4n) is 2.98. The van der Waals surface area contributed by atoms with Gasteiger partial charge in [0.15, 0.2) is 0 Å². The monoisotopic (exact) mass is 458 g/mol. The van der Waals surface area contributed by atoms with Gasteiger partial charge in [0.1, 0.15) is 10.9 Å². The summed E-state index contributed by atoms with van der Waals surface area (Å²) in [4.78, 5) is 22.3. The summed E-state index contributed by atoms with van der Waals surface area (Å²) in [7, 11) is 0. The Balaban J connectivity index is 0.00000149. The zero-order valence-corrected chi connectivity index (χ0v) is 18.9. The van der Waals surface area contributed by atoms with Crippen LogP contribution < -0.4 is 11.1 Å². The van der Waals surface area contributed by atoms with E-state index in [9.17, 15) is 4.79 Å². The first-order valence-corrected chi connectivity index (χ1v) is 11.0. The molecule has 33 heavy (non-hydrogen) atoms. The summed E-state index contributed by atoms with van der Waals surface area (Å²) in [6, 6.07) is 21.6. The van der Waals surface area contributed by atoms with Crippen LogP contribution in [0.2, 0.25) is 0 Å². The Kier molecular flexibility index (Phi) is 7.68.